The van der Waals surface area contributed by atoms with E-state index in [-0.39, 0.29) is 12.1 Å². The van der Waals surface area contributed by atoms with Gasteiger partial charge in [0.15, 0.2) is 0 Å². The number of aliphatic hydroxyl groups is 1. The number of thiazole rings is 1. The number of fused-ring (bicyclic) bond motifs is 1. The summed E-state index contributed by atoms with van der Waals surface area (Å²) in [6, 6.07) is 3.55. The summed E-state index contributed by atoms with van der Waals surface area (Å²) in [5, 5.41) is 18.2. The van der Waals surface area contributed by atoms with Gasteiger partial charge < -0.3 is 5.11 Å². The van der Waals surface area contributed by atoms with Gasteiger partial charge in [-0.25, -0.2) is 33.2 Å². The van der Waals surface area contributed by atoms with E-state index < -0.39 is 29.0 Å². The van der Waals surface area contributed by atoms with E-state index in [1.807, 2.05) is 0 Å². The van der Waals surface area contributed by atoms with Crippen LogP contribution in [0.15, 0.2) is 65.7 Å². The fourth-order valence-electron chi connectivity index (χ4n) is 3.82. The molecule has 4 aromatic heterocycles. The second-order valence-corrected chi connectivity index (χ2v) is 8.41. The van der Waals surface area contributed by atoms with Crippen molar-refractivity contribution in [3.05, 3.63) is 88.6 Å². The van der Waals surface area contributed by atoms with Crippen LogP contribution in [0.25, 0.3) is 16.3 Å². The molecule has 1 N–H and O–H groups in total. The first-order valence-corrected chi connectivity index (χ1v) is 10.8. The molecule has 0 spiro atoms. The molecule has 0 aliphatic carbocycles. The van der Waals surface area contributed by atoms with Gasteiger partial charge in [-0.05, 0) is 19.1 Å². The van der Waals surface area contributed by atoms with E-state index in [1.54, 1.807) is 30.8 Å². The Morgan fingerprint density at radius 2 is 2.12 bits per heavy atom. The van der Waals surface area contributed by atoms with Gasteiger partial charge in [0.25, 0.3) is 0 Å². The SMILES string of the molecule is C[C@@H](n1ccc2nc(-c3nccs3)cn2c1=O)C(O)(Cn1cncn1)c1ccc(F)cc1F. The van der Waals surface area contributed by atoms with E-state index in [1.165, 1.54) is 49.9 Å². The predicted molar refractivity (Wildman–Crippen MR) is 116 cm³/mol. The van der Waals surface area contributed by atoms with Crippen molar-refractivity contribution in [2.24, 2.45) is 0 Å². The molecule has 5 aromatic rings. The Kier molecular flexibility index (Phi) is 5.10. The van der Waals surface area contributed by atoms with Gasteiger partial charge in [0.2, 0.25) is 0 Å². The molecule has 1 unspecified atom stereocenters. The third kappa shape index (κ3) is 3.62. The Morgan fingerprint density at radius 1 is 1.27 bits per heavy atom. The van der Waals surface area contributed by atoms with Crippen LogP contribution in [-0.2, 0) is 12.1 Å². The minimum atomic E-state index is -1.97. The van der Waals surface area contributed by atoms with Gasteiger partial charge in [0, 0.05) is 35.6 Å². The summed E-state index contributed by atoms with van der Waals surface area (Å²) in [6.45, 7) is 1.35. The lowest BCUT2D eigenvalue weighted by Gasteiger charge is -2.35. The predicted octanol–water partition coefficient (Wildman–Crippen LogP) is 2.64. The Labute approximate surface area is 189 Å². The Bertz CT molecular complexity index is 1480. The van der Waals surface area contributed by atoms with Gasteiger partial charge in [-0.2, -0.15) is 5.10 Å². The zero-order valence-electron chi connectivity index (χ0n) is 17.2. The topological polar surface area (TPSA) is 103 Å². The van der Waals surface area contributed by atoms with E-state index >= 15 is 0 Å². The maximum atomic E-state index is 14.8. The van der Waals surface area contributed by atoms with E-state index in [9.17, 15) is 18.7 Å². The normalized spacial score (nSPS) is 14.4. The van der Waals surface area contributed by atoms with Crippen molar-refractivity contribution in [2.45, 2.75) is 25.1 Å². The highest BCUT2D eigenvalue weighted by molar-refractivity contribution is 7.13. The number of imidazole rings is 1. The number of benzene rings is 1. The van der Waals surface area contributed by atoms with Crippen molar-refractivity contribution in [3.8, 4) is 10.7 Å². The van der Waals surface area contributed by atoms with E-state index in [2.05, 4.69) is 20.1 Å². The average molecular weight is 469 g/mol. The lowest BCUT2D eigenvalue weighted by molar-refractivity contribution is -0.0346. The minimum absolute atomic E-state index is 0.173. The average Bonchev–Trinajstić information content (AvgIpc) is 3.54. The number of aromatic nitrogens is 7. The molecule has 0 aliphatic rings. The van der Waals surface area contributed by atoms with Crippen molar-refractivity contribution in [2.75, 3.05) is 0 Å². The molecule has 2 atom stereocenters. The first kappa shape index (κ1) is 21.1. The molecule has 0 saturated heterocycles. The van der Waals surface area contributed by atoms with Crippen LogP contribution in [-0.4, -0.2) is 38.8 Å². The third-order valence-electron chi connectivity index (χ3n) is 5.57. The minimum Gasteiger partial charge on any atom is -0.381 e. The van der Waals surface area contributed by atoms with Crippen molar-refractivity contribution in [1.29, 1.82) is 0 Å². The molecule has 33 heavy (non-hydrogen) atoms. The molecule has 12 heteroatoms. The molecule has 0 fully saturated rings. The highest BCUT2D eigenvalue weighted by atomic mass is 32.1. The van der Waals surface area contributed by atoms with Crippen LogP contribution in [0.1, 0.15) is 18.5 Å². The summed E-state index contributed by atoms with van der Waals surface area (Å²) >= 11 is 1.39. The van der Waals surface area contributed by atoms with Gasteiger partial charge >= 0.3 is 5.69 Å². The van der Waals surface area contributed by atoms with E-state index in [0.717, 1.165) is 6.07 Å². The number of nitrogens with zero attached hydrogens (tertiary/aromatic N) is 7. The third-order valence-corrected chi connectivity index (χ3v) is 6.37. The largest absolute Gasteiger partial charge is 0.381 e. The van der Waals surface area contributed by atoms with Crippen molar-refractivity contribution < 1.29 is 13.9 Å². The first-order chi connectivity index (χ1) is 15.9. The second-order valence-electron chi connectivity index (χ2n) is 7.51. The van der Waals surface area contributed by atoms with Gasteiger partial charge in [-0.1, -0.05) is 6.07 Å². The zero-order chi connectivity index (χ0) is 23.2. The molecule has 0 bridgehead atoms. The van der Waals surface area contributed by atoms with Crippen molar-refractivity contribution in [3.63, 3.8) is 0 Å². The number of rotatable bonds is 6. The fraction of sp³-hybridized carbons (Fsp3) is 0.190. The zero-order valence-corrected chi connectivity index (χ0v) is 18.0. The summed E-state index contributed by atoms with van der Waals surface area (Å²) < 4.78 is 32.3. The Balaban J connectivity index is 1.64. The monoisotopic (exact) mass is 469 g/mol. The van der Waals surface area contributed by atoms with Gasteiger partial charge in [0.1, 0.15) is 46.2 Å². The maximum absolute atomic E-state index is 14.8. The van der Waals surface area contributed by atoms with Gasteiger partial charge in [-0.3, -0.25) is 8.97 Å². The first-order valence-electron chi connectivity index (χ1n) is 9.87. The molecule has 0 saturated carbocycles. The molecule has 0 radical (unpaired) electrons. The van der Waals surface area contributed by atoms with Gasteiger partial charge in [0.05, 0.1) is 12.6 Å². The number of hydrogen-bond donors (Lipinski definition) is 1. The Morgan fingerprint density at radius 3 is 2.82 bits per heavy atom. The molecule has 0 aliphatic heterocycles. The van der Waals surface area contributed by atoms with Crippen LogP contribution in [0.5, 0.6) is 0 Å². The molecule has 0 amide bonds. The molecular weight excluding hydrogens is 452 g/mol. The highest BCUT2D eigenvalue weighted by Crippen LogP contribution is 2.36. The molecule has 5 rings (SSSR count). The molecular formula is C21H17F2N7O2S. The molecule has 168 valence electrons. The summed E-state index contributed by atoms with van der Waals surface area (Å²) in [5.41, 5.74) is -1.69. The molecule has 9 nitrogen and oxygen atoms in total. The van der Waals surface area contributed by atoms with Crippen LogP contribution in [0.3, 0.4) is 0 Å². The molecule has 1 aromatic carbocycles. The summed E-state index contributed by atoms with van der Waals surface area (Å²) in [6.07, 6.45) is 7.33. The van der Waals surface area contributed by atoms with Gasteiger partial charge in [-0.15, -0.1) is 11.3 Å². The number of hydrogen-bond acceptors (Lipinski definition) is 7. The van der Waals surface area contributed by atoms with Crippen LogP contribution in [0.2, 0.25) is 0 Å². The van der Waals surface area contributed by atoms with Crippen molar-refractivity contribution >= 4 is 17.0 Å². The fourth-order valence-corrected chi connectivity index (χ4v) is 4.41. The van der Waals surface area contributed by atoms with Crippen LogP contribution >= 0.6 is 11.3 Å². The highest BCUT2D eigenvalue weighted by Gasteiger charge is 2.41. The summed E-state index contributed by atoms with van der Waals surface area (Å²) in [4.78, 5) is 25.8. The lowest BCUT2D eigenvalue weighted by Crippen LogP contribution is -2.44. The van der Waals surface area contributed by atoms with Crippen LogP contribution < -0.4 is 5.69 Å². The smallest absolute Gasteiger partial charge is 0.334 e. The summed E-state index contributed by atoms with van der Waals surface area (Å²) in [7, 11) is 0. The lowest BCUT2D eigenvalue weighted by atomic mass is 9.86. The van der Waals surface area contributed by atoms with Crippen LogP contribution in [0.4, 0.5) is 8.78 Å². The van der Waals surface area contributed by atoms with Crippen LogP contribution in [0, 0.1) is 11.6 Å². The van der Waals surface area contributed by atoms with E-state index in [0.29, 0.717) is 22.4 Å². The second kappa shape index (κ2) is 7.98. The maximum Gasteiger partial charge on any atom is 0.334 e. The standard InChI is InChI=1S/C21H17F2N7O2S/c1-13(21(32,10-28-12-24-11-26-28)15-3-2-14(22)8-16(15)23)29-6-4-18-27-17(9-30(18)20(29)31)19-25-5-7-33-19/h2-9,11-13,32H,10H2,1H3/t13-,21?/m1/s1. The quantitative estimate of drug-likeness (QED) is 0.410. The van der Waals surface area contributed by atoms with E-state index in [4.69, 9.17) is 0 Å². The number of halogens is 2. The Hall–Kier alpha value is -3.77. The van der Waals surface area contributed by atoms with Crippen molar-refractivity contribution in [1.82, 2.24) is 33.7 Å². The summed E-state index contributed by atoms with van der Waals surface area (Å²) in [5.74, 6) is -1.72. The molecule has 4 heterocycles.